The van der Waals surface area contributed by atoms with Crippen molar-refractivity contribution in [1.82, 2.24) is 10.2 Å². The number of nitrogens with one attached hydrogen (secondary N) is 1. The highest BCUT2D eigenvalue weighted by molar-refractivity contribution is 4.54. The maximum Gasteiger partial charge on any atom is 0.0104 e. The van der Waals surface area contributed by atoms with Crippen molar-refractivity contribution in [2.75, 3.05) is 33.7 Å². The second-order valence-corrected chi connectivity index (χ2v) is 7.71. The van der Waals surface area contributed by atoms with Gasteiger partial charge in [-0.1, -0.05) is 103 Å². The summed E-state index contributed by atoms with van der Waals surface area (Å²) >= 11 is 0. The number of hydrogen-bond donors (Lipinski definition) is 1. The van der Waals surface area contributed by atoms with Crippen LogP contribution in [0.5, 0.6) is 0 Å². The Morgan fingerprint density at radius 2 is 0.917 bits per heavy atom. The summed E-state index contributed by atoms with van der Waals surface area (Å²) in [4.78, 5) is 2.44. The average molecular weight is 341 g/mol. The molecule has 0 aromatic heterocycles. The van der Waals surface area contributed by atoms with Gasteiger partial charge in [-0.05, 0) is 27.1 Å². The van der Waals surface area contributed by atoms with E-state index in [0.717, 1.165) is 6.54 Å². The minimum Gasteiger partial charge on any atom is -0.318 e. The molecule has 0 spiro atoms. The van der Waals surface area contributed by atoms with Gasteiger partial charge in [-0.15, -0.1) is 0 Å². The van der Waals surface area contributed by atoms with Crippen molar-refractivity contribution in [3.8, 4) is 0 Å². The molecule has 24 heavy (non-hydrogen) atoms. The summed E-state index contributed by atoms with van der Waals surface area (Å²) < 4.78 is 0. The molecular weight excluding hydrogens is 292 g/mol. The molecule has 0 aliphatic heterocycles. The predicted octanol–water partition coefficient (Wildman–Crippen LogP) is 6.40. The van der Waals surface area contributed by atoms with E-state index >= 15 is 0 Å². The summed E-state index contributed by atoms with van der Waals surface area (Å²) in [6.45, 7) is 5.84. The fourth-order valence-electron chi connectivity index (χ4n) is 3.34. The van der Waals surface area contributed by atoms with Gasteiger partial charge in [0, 0.05) is 13.1 Å². The highest BCUT2D eigenvalue weighted by Gasteiger charge is 1.97. The van der Waals surface area contributed by atoms with Gasteiger partial charge in [0.2, 0.25) is 0 Å². The number of likely N-dealkylation sites (N-methyl/N-ethyl adjacent to an activating group) is 2. The minimum atomic E-state index is 1.11. The zero-order valence-corrected chi connectivity index (χ0v) is 17.4. The standard InChI is InChI=1S/C22H48N2/c1-4-5-6-7-8-9-10-11-12-13-14-15-16-17-18-19-21-24(3)22-20-23-2/h23H,4-22H2,1-3H3. The van der Waals surface area contributed by atoms with Crippen molar-refractivity contribution >= 4 is 0 Å². The Kier molecular flexibility index (Phi) is 20.9. The van der Waals surface area contributed by atoms with Gasteiger partial charge in [0.15, 0.2) is 0 Å². The van der Waals surface area contributed by atoms with Crippen LogP contribution in [-0.4, -0.2) is 38.6 Å². The second kappa shape index (κ2) is 21.0. The van der Waals surface area contributed by atoms with Crippen LogP contribution in [0.2, 0.25) is 0 Å². The van der Waals surface area contributed by atoms with E-state index in [2.05, 4.69) is 24.2 Å². The number of unbranched alkanes of at least 4 members (excludes halogenated alkanes) is 15. The number of hydrogen-bond acceptors (Lipinski definition) is 2. The molecule has 0 saturated carbocycles. The first-order valence-electron chi connectivity index (χ1n) is 11.1. The van der Waals surface area contributed by atoms with Crippen molar-refractivity contribution < 1.29 is 0 Å². The van der Waals surface area contributed by atoms with Gasteiger partial charge in [0.1, 0.15) is 0 Å². The van der Waals surface area contributed by atoms with Gasteiger partial charge in [0.25, 0.3) is 0 Å². The molecule has 0 atom stereocenters. The first-order chi connectivity index (χ1) is 11.8. The topological polar surface area (TPSA) is 15.3 Å². The fourth-order valence-corrected chi connectivity index (χ4v) is 3.34. The van der Waals surface area contributed by atoms with Crippen LogP contribution in [0.25, 0.3) is 0 Å². The molecule has 0 fully saturated rings. The van der Waals surface area contributed by atoms with Gasteiger partial charge in [-0.3, -0.25) is 0 Å². The third kappa shape index (κ3) is 20.0. The lowest BCUT2D eigenvalue weighted by molar-refractivity contribution is 0.325. The van der Waals surface area contributed by atoms with Crippen molar-refractivity contribution in [3.63, 3.8) is 0 Å². The van der Waals surface area contributed by atoms with E-state index in [0.29, 0.717) is 0 Å². The normalized spacial score (nSPS) is 11.5. The molecule has 2 nitrogen and oxygen atoms in total. The lowest BCUT2D eigenvalue weighted by Gasteiger charge is -2.15. The van der Waals surface area contributed by atoms with Crippen LogP contribution in [0.4, 0.5) is 0 Å². The Morgan fingerprint density at radius 3 is 1.29 bits per heavy atom. The van der Waals surface area contributed by atoms with Gasteiger partial charge in [-0.2, -0.15) is 0 Å². The fraction of sp³-hybridized carbons (Fsp3) is 1.00. The van der Waals surface area contributed by atoms with Gasteiger partial charge in [0.05, 0.1) is 0 Å². The van der Waals surface area contributed by atoms with E-state index in [1.54, 1.807) is 0 Å². The lowest BCUT2D eigenvalue weighted by Crippen LogP contribution is -2.28. The third-order valence-corrected chi connectivity index (χ3v) is 5.14. The Morgan fingerprint density at radius 1 is 0.542 bits per heavy atom. The van der Waals surface area contributed by atoms with E-state index in [1.807, 2.05) is 7.05 Å². The van der Waals surface area contributed by atoms with Gasteiger partial charge >= 0.3 is 0 Å². The zero-order chi connectivity index (χ0) is 17.7. The molecule has 0 aromatic carbocycles. The van der Waals surface area contributed by atoms with Crippen LogP contribution < -0.4 is 5.32 Å². The molecule has 146 valence electrons. The SMILES string of the molecule is CCCCCCCCCCCCCCCCCCN(C)CCNC. The predicted molar refractivity (Wildman–Crippen MR) is 111 cm³/mol. The zero-order valence-electron chi connectivity index (χ0n) is 17.4. The third-order valence-electron chi connectivity index (χ3n) is 5.14. The number of nitrogens with zero attached hydrogens (tertiary/aromatic N) is 1. The molecule has 0 amide bonds. The Bertz CT molecular complexity index is 218. The Hall–Kier alpha value is -0.0800. The van der Waals surface area contributed by atoms with E-state index < -0.39 is 0 Å². The van der Waals surface area contributed by atoms with Crippen molar-refractivity contribution in [3.05, 3.63) is 0 Å². The Balaban J connectivity index is 3.02. The molecule has 0 aliphatic rings. The molecule has 0 aromatic rings. The monoisotopic (exact) mass is 340 g/mol. The largest absolute Gasteiger partial charge is 0.318 e. The van der Waals surface area contributed by atoms with Crippen LogP contribution in [0.1, 0.15) is 110 Å². The molecular formula is C22H48N2. The van der Waals surface area contributed by atoms with Crippen LogP contribution in [-0.2, 0) is 0 Å². The van der Waals surface area contributed by atoms with E-state index in [9.17, 15) is 0 Å². The summed E-state index contributed by atoms with van der Waals surface area (Å²) in [6.07, 6.45) is 23.2. The molecule has 0 bridgehead atoms. The number of rotatable bonds is 20. The molecule has 0 rings (SSSR count). The molecule has 0 saturated heterocycles. The van der Waals surface area contributed by atoms with Gasteiger partial charge in [-0.25, -0.2) is 0 Å². The highest BCUT2D eigenvalue weighted by atomic mass is 15.1. The van der Waals surface area contributed by atoms with Crippen molar-refractivity contribution in [1.29, 1.82) is 0 Å². The molecule has 2 heteroatoms. The summed E-state index contributed by atoms with van der Waals surface area (Å²) in [5.41, 5.74) is 0. The summed E-state index contributed by atoms with van der Waals surface area (Å²) in [5.74, 6) is 0. The van der Waals surface area contributed by atoms with E-state index in [1.165, 1.54) is 116 Å². The molecule has 1 N–H and O–H groups in total. The van der Waals surface area contributed by atoms with Crippen LogP contribution in [0.3, 0.4) is 0 Å². The van der Waals surface area contributed by atoms with Crippen LogP contribution >= 0.6 is 0 Å². The van der Waals surface area contributed by atoms with Crippen LogP contribution in [0.15, 0.2) is 0 Å². The molecule has 0 heterocycles. The molecule has 0 unspecified atom stereocenters. The van der Waals surface area contributed by atoms with Crippen molar-refractivity contribution in [2.45, 2.75) is 110 Å². The molecule has 0 radical (unpaired) electrons. The minimum absolute atomic E-state index is 1.11. The molecule has 0 aliphatic carbocycles. The smallest absolute Gasteiger partial charge is 0.0104 e. The first kappa shape index (κ1) is 23.9. The Labute approximate surface area is 154 Å². The second-order valence-electron chi connectivity index (χ2n) is 7.71. The quantitative estimate of drug-likeness (QED) is 0.258. The first-order valence-corrected chi connectivity index (χ1v) is 11.1. The van der Waals surface area contributed by atoms with E-state index in [4.69, 9.17) is 0 Å². The highest BCUT2D eigenvalue weighted by Crippen LogP contribution is 2.13. The summed E-state index contributed by atoms with van der Waals surface area (Å²) in [6, 6.07) is 0. The van der Waals surface area contributed by atoms with Crippen LogP contribution in [0, 0.1) is 0 Å². The summed E-state index contributed by atoms with van der Waals surface area (Å²) in [5, 5.41) is 3.21. The summed E-state index contributed by atoms with van der Waals surface area (Å²) in [7, 11) is 4.27. The maximum atomic E-state index is 3.21. The maximum absolute atomic E-state index is 3.21. The lowest BCUT2D eigenvalue weighted by atomic mass is 10.0. The van der Waals surface area contributed by atoms with E-state index in [-0.39, 0.29) is 0 Å². The average Bonchev–Trinajstić information content (AvgIpc) is 2.59. The van der Waals surface area contributed by atoms with Crippen molar-refractivity contribution in [2.24, 2.45) is 0 Å². The van der Waals surface area contributed by atoms with Gasteiger partial charge < -0.3 is 10.2 Å².